The molecule has 2 aromatic carbocycles. The molecule has 0 fully saturated rings. The van der Waals surface area contributed by atoms with Crippen molar-refractivity contribution in [1.82, 2.24) is 9.88 Å². The average molecular weight is 399 g/mol. The van der Waals surface area contributed by atoms with Gasteiger partial charge in [0.25, 0.3) is 17.4 Å². The first-order valence-corrected chi connectivity index (χ1v) is 8.36. The molecule has 9 heteroatoms. The molecule has 0 atom stereocenters. The molecule has 0 aliphatic carbocycles. The van der Waals surface area contributed by atoms with Crippen LogP contribution in [0.1, 0.15) is 26.3 Å². The summed E-state index contributed by atoms with van der Waals surface area (Å²) in [7, 11) is 0. The first-order valence-electron chi connectivity index (χ1n) is 8.36. The van der Waals surface area contributed by atoms with Crippen LogP contribution in [0.4, 0.5) is 19.0 Å². The topological polar surface area (TPSA) is 94.2 Å². The molecule has 2 heterocycles. The number of imide groups is 1. The zero-order valence-corrected chi connectivity index (χ0v) is 14.6. The van der Waals surface area contributed by atoms with Crippen LogP contribution in [-0.4, -0.2) is 16.4 Å². The van der Waals surface area contributed by atoms with Crippen molar-refractivity contribution in [2.24, 2.45) is 0 Å². The van der Waals surface area contributed by atoms with Gasteiger partial charge in [0, 0.05) is 6.07 Å². The van der Waals surface area contributed by atoms with Crippen molar-refractivity contribution in [2.45, 2.75) is 6.18 Å². The minimum atomic E-state index is -4.46. The Hall–Kier alpha value is -3.88. The molecule has 0 bridgehead atoms. The van der Waals surface area contributed by atoms with E-state index in [1.807, 2.05) is 0 Å². The summed E-state index contributed by atoms with van der Waals surface area (Å²) in [6, 6.07) is 11.9. The molecule has 3 N–H and O–H groups in total. The Bertz CT molecular complexity index is 1230. The predicted molar refractivity (Wildman–Crippen MR) is 98.7 cm³/mol. The fourth-order valence-electron chi connectivity index (χ4n) is 3.22. The summed E-state index contributed by atoms with van der Waals surface area (Å²) < 4.78 is 39.8. The second-order valence-corrected chi connectivity index (χ2v) is 6.40. The summed E-state index contributed by atoms with van der Waals surface area (Å²) in [5.74, 6) is -1.58. The van der Waals surface area contributed by atoms with Gasteiger partial charge in [-0.25, -0.2) is 0 Å². The molecule has 146 valence electrons. The van der Waals surface area contributed by atoms with Gasteiger partial charge in [-0.3, -0.25) is 24.3 Å². The van der Waals surface area contributed by atoms with Gasteiger partial charge in [0.05, 0.1) is 22.4 Å². The van der Waals surface area contributed by atoms with E-state index < -0.39 is 29.1 Å². The van der Waals surface area contributed by atoms with E-state index in [0.29, 0.717) is 16.8 Å². The Morgan fingerprint density at radius 2 is 1.55 bits per heavy atom. The first kappa shape index (κ1) is 18.5. The summed E-state index contributed by atoms with van der Waals surface area (Å²) >= 11 is 0. The van der Waals surface area contributed by atoms with Gasteiger partial charge in [0.1, 0.15) is 5.82 Å². The number of amides is 2. The summed E-state index contributed by atoms with van der Waals surface area (Å²) in [6.07, 6.45) is -4.46. The highest BCUT2D eigenvalue weighted by atomic mass is 19.4. The second-order valence-electron chi connectivity index (χ2n) is 6.40. The highest BCUT2D eigenvalue weighted by molar-refractivity contribution is 6.23. The van der Waals surface area contributed by atoms with Gasteiger partial charge in [-0.15, -0.1) is 0 Å². The lowest BCUT2D eigenvalue weighted by atomic mass is 10.0. The predicted octanol–water partition coefficient (Wildman–Crippen LogP) is 2.99. The van der Waals surface area contributed by atoms with E-state index in [4.69, 9.17) is 5.73 Å². The Morgan fingerprint density at radius 3 is 2.21 bits per heavy atom. The molecule has 6 nitrogen and oxygen atoms in total. The van der Waals surface area contributed by atoms with E-state index in [1.165, 1.54) is 36.4 Å². The van der Waals surface area contributed by atoms with Crippen molar-refractivity contribution in [3.63, 3.8) is 0 Å². The minimum Gasteiger partial charge on any atom is -0.384 e. The molecule has 4 rings (SSSR count). The molecular formula is C20H12F3N3O3. The number of nitrogens with two attached hydrogens (primary N) is 1. The van der Waals surface area contributed by atoms with Crippen LogP contribution in [0, 0.1) is 0 Å². The number of hydrogen-bond donors (Lipinski definition) is 2. The highest BCUT2D eigenvalue weighted by Gasteiger charge is 2.32. The van der Waals surface area contributed by atoms with E-state index in [2.05, 4.69) is 5.32 Å². The Morgan fingerprint density at radius 1 is 0.862 bits per heavy atom. The molecule has 0 unspecified atom stereocenters. The number of nitrogens with one attached hydrogen (secondary N) is 1. The summed E-state index contributed by atoms with van der Waals surface area (Å²) in [4.78, 5) is 36.1. The smallest absolute Gasteiger partial charge is 0.384 e. The zero-order valence-electron chi connectivity index (χ0n) is 14.6. The van der Waals surface area contributed by atoms with Gasteiger partial charge < -0.3 is 5.73 Å². The number of anilines is 1. The monoisotopic (exact) mass is 399 g/mol. The molecule has 29 heavy (non-hydrogen) atoms. The van der Waals surface area contributed by atoms with Crippen molar-refractivity contribution in [3.8, 4) is 16.8 Å². The molecule has 3 aromatic rings. The van der Waals surface area contributed by atoms with Crippen molar-refractivity contribution in [1.29, 1.82) is 0 Å². The Kier molecular flexibility index (Phi) is 4.04. The normalized spacial score (nSPS) is 13.3. The number of pyridine rings is 1. The molecule has 0 spiro atoms. The number of rotatable bonds is 2. The van der Waals surface area contributed by atoms with E-state index in [9.17, 15) is 27.6 Å². The SMILES string of the molecule is Nc1c2c(cc(=O)n1-c1ccc(-c3cccc(C(F)(F)F)c3)cc1)C(=O)NC2=O. The van der Waals surface area contributed by atoms with Crippen molar-refractivity contribution in [2.75, 3.05) is 5.73 Å². The van der Waals surface area contributed by atoms with Crippen LogP contribution in [0.25, 0.3) is 16.8 Å². The van der Waals surface area contributed by atoms with Gasteiger partial charge >= 0.3 is 6.18 Å². The lowest BCUT2D eigenvalue weighted by Gasteiger charge is -2.13. The maximum atomic E-state index is 12.9. The van der Waals surface area contributed by atoms with Crippen LogP contribution in [0.5, 0.6) is 0 Å². The molecule has 1 aliphatic heterocycles. The Labute approximate surface area is 161 Å². The van der Waals surface area contributed by atoms with Gasteiger partial charge in [0.2, 0.25) is 0 Å². The number of nitrogen functional groups attached to an aromatic ring is 1. The lowest BCUT2D eigenvalue weighted by molar-refractivity contribution is -0.137. The first-order chi connectivity index (χ1) is 13.7. The van der Waals surface area contributed by atoms with Crippen LogP contribution in [0.15, 0.2) is 59.4 Å². The van der Waals surface area contributed by atoms with Crippen molar-refractivity contribution >= 4 is 17.6 Å². The summed E-state index contributed by atoms with van der Waals surface area (Å²) in [5.41, 5.74) is 5.56. The third kappa shape index (κ3) is 3.06. The molecular weight excluding hydrogens is 387 g/mol. The quantitative estimate of drug-likeness (QED) is 0.648. The van der Waals surface area contributed by atoms with Crippen LogP contribution < -0.4 is 16.6 Å². The zero-order chi connectivity index (χ0) is 20.9. The molecule has 1 aliphatic rings. The number of carbonyl (C=O) groups excluding carboxylic acids is 2. The number of fused-ring (bicyclic) bond motifs is 1. The van der Waals surface area contributed by atoms with Crippen molar-refractivity contribution < 1.29 is 22.8 Å². The van der Waals surface area contributed by atoms with Crippen LogP contribution in [0.2, 0.25) is 0 Å². The second kappa shape index (κ2) is 6.33. The van der Waals surface area contributed by atoms with E-state index in [0.717, 1.165) is 22.8 Å². The lowest BCUT2D eigenvalue weighted by Crippen LogP contribution is -2.24. The molecule has 2 amide bonds. The highest BCUT2D eigenvalue weighted by Crippen LogP contribution is 2.32. The number of benzene rings is 2. The van der Waals surface area contributed by atoms with E-state index in [-0.39, 0.29) is 16.9 Å². The van der Waals surface area contributed by atoms with Gasteiger partial charge in [-0.2, -0.15) is 13.2 Å². The number of nitrogens with zero attached hydrogens (tertiary/aromatic N) is 1. The number of carbonyl (C=O) groups is 2. The fourth-order valence-corrected chi connectivity index (χ4v) is 3.22. The van der Waals surface area contributed by atoms with Crippen LogP contribution in [-0.2, 0) is 6.18 Å². The molecule has 0 radical (unpaired) electrons. The third-order valence-electron chi connectivity index (χ3n) is 4.60. The van der Waals surface area contributed by atoms with Crippen LogP contribution in [0.3, 0.4) is 0 Å². The number of hydrogen-bond acceptors (Lipinski definition) is 4. The van der Waals surface area contributed by atoms with E-state index >= 15 is 0 Å². The fraction of sp³-hybridized carbons (Fsp3) is 0.0500. The van der Waals surface area contributed by atoms with Gasteiger partial charge in [0.15, 0.2) is 0 Å². The summed E-state index contributed by atoms with van der Waals surface area (Å²) in [6.45, 7) is 0. The van der Waals surface area contributed by atoms with Crippen LogP contribution >= 0.6 is 0 Å². The van der Waals surface area contributed by atoms with E-state index in [1.54, 1.807) is 0 Å². The summed E-state index contributed by atoms with van der Waals surface area (Å²) in [5, 5.41) is 2.08. The molecule has 1 aromatic heterocycles. The maximum absolute atomic E-state index is 12.9. The third-order valence-corrected chi connectivity index (χ3v) is 4.60. The Balaban J connectivity index is 1.77. The maximum Gasteiger partial charge on any atom is 0.416 e. The minimum absolute atomic E-state index is 0.0865. The number of alkyl halides is 3. The van der Waals surface area contributed by atoms with Gasteiger partial charge in [-0.05, 0) is 35.4 Å². The number of halogens is 3. The molecule has 0 saturated carbocycles. The average Bonchev–Trinajstić information content (AvgIpc) is 2.95. The standard InChI is InChI=1S/C20H12F3N3O3/c21-20(22,23)12-3-1-2-11(8-12)10-4-6-13(7-5-10)26-15(27)9-14-16(17(26)24)19(29)25-18(14)28/h1-9H,24H2,(H,25,28,29). The largest absolute Gasteiger partial charge is 0.416 e. The molecule has 0 saturated heterocycles. The van der Waals surface area contributed by atoms with Gasteiger partial charge in [-0.1, -0.05) is 24.3 Å². The van der Waals surface area contributed by atoms with Crippen molar-refractivity contribution in [3.05, 3.63) is 81.6 Å². The number of aromatic nitrogens is 1.